The third-order valence-electron chi connectivity index (χ3n) is 4.41. The number of benzene rings is 1. The van der Waals surface area contributed by atoms with Crippen LogP contribution in [0.15, 0.2) is 23.2 Å². The minimum Gasteiger partial charge on any atom is -0.497 e. The molecule has 2 aliphatic rings. The lowest BCUT2D eigenvalue weighted by Crippen LogP contribution is -2.38. The van der Waals surface area contributed by atoms with Gasteiger partial charge in [0, 0.05) is 17.2 Å². The Bertz CT molecular complexity index is 851. The molecule has 2 fully saturated rings. The highest BCUT2D eigenvalue weighted by molar-refractivity contribution is 8.16. The monoisotopic (exact) mass is 398 g/mol. The first-order valence-corrected chi connectivity index (χ1v) is 11.0. The Morgan fingerprint density at radius 1 is 1.27 bits per heavy atom. The van der Waals surface area contributed by atoms with Crippen molar-refractivity contribution in [3.05, 3.63) is 18.2 Å². The van der Waals surface area contributed by atoms with Crippen molar-refractivity contribution in [1.29, 1.82) is 0 Å². The van der Waals surface area contributed by atoms with Crippen LogP contribution in [0.25, 0.3) is 0 Å². The van der Waals surface area contributed by atoms with Gasteiger partial charge in [-0.2, -0.15) is 4.99 Å². The molecule has 0 unspecified atom stereocenters. The molecule has 142 valence electrons. The maximum Gasteiger partial charge on any atom is 0.250 e. The van der Waals surface area contributed by atoms with Gasteiger partial charge in [-0.05, 0) is 12.1 Å². The number of anilines is 1. The molecule has 0 aliphatic carbocycles. The van der Waals surface area contributed by atoms with E-state index >= 15 is 0 Å². The van der Waals surface area contributed by atoms with E-state index in [4.69, 9.17) is 9.47 Å². The molecule has 9 heteroatoms. The third-order valence-corrected chi connectivity index (χ3v) is 7.62. The van der Waals surface area contributed by atoms with E-state index in [1.54, 1.807) is 46.3 Å². The molecule has 0 N–H and O–H groups in total. The molecule has 26 heavy (non-hydrogen) atoms. The lowest BCUT2D eigenvalue weighted by atomic mass is 10.2. The van der Waals surface area contributed by atoms with Gasteiger partial charge in [0.25, 0.3) is 5.91 Å². The molecule has 1 aromatic carbocycles. The Morgan fingerprint density at radius 3 is 2.62 bits per heavy atom. The van der Waals surface area contributed by atoms with Crippen molar-refractivity contribution < 1.29 is 22.7 Å². The zero-order chi connectivity index (χ0) is 19.1. The molecular formula is C17H22N2O5S2. The number of hydrogen-bond acceptors (Lipinski definition) is 6. The predicted octanol–water partition coefficient (Wildman–Crippen LogP) is 1.96. The van der Waals surface area contributed by atoms with Crippen molar-refractivity contribution in [1.82, 2.24) is 0 Å². The summed E-state index contributed by atoms with van der Waals surface area (Å²) >= 11 is 1.35. The first-order chi connectivity index (χ1) is 12.3. The van der Waals surface area contributed by atoms with Gasteiger partial charge in [-0.15, -0.1) is 0 Å². The number of hydrogen-bond donors (Lipinski definition) is 0. The third kappa shape index (κ3) is 3.55. The molecular weight excluding hydrogens is 376 g/mol. The number of amides is 1. The number of carbonyl (C=O) groups is 1. The van der Waals surface area contributed by atoms with E-state index in [1.165, 1.54) is 11.8 Å². The summed E-state index contributed by atoms with van der Waals surface area (Å²) in [6.45, 7) is 3.57. The summed E-state index contributed by atoms with van der Waals surface area (Å²) in [5.41, 5.74) is 0.681. The smallest absolute Gasteiger partial charge is 0.250 e. The van der Waals surface area contributed by atoms with E-state index in [-0.39, 0.29) is 34.6 Å². The molecule has 0 spiro atoms. The minimum absolute atomic E-state index is 0.0364. The molecule has 2 aliphatic heterocycles. The van der Waals surface area contributed by atoms with E-state index in [2.05, 4.69) is 4.99 Å². The van der Waals surface area contributed by atoms with Crippen LogP contribution >= 0.6 is 11.8 Å². The largest absolute Gasteiger partial charge is 0.497 e. The average molecular weight is 399 g/mol. The van der Waals surface area contributed by atoms with Gasteiger partial charge in [0.15, 0.2) is 15.0 Å². The summed E-state index contributed by atoms with van der Waals surface area (Å²) in [7, 11) is -0.00946. The van der Waals surface area contributed by atoms with E-state index < -0.39 is 9.84 Å². The van der Waals surface area contributed by atoms with Gasteiger partial charge in [-0.25, -0.2) is 8.42 Å². The molecule has 0 radical (unpaired) electrons. The van der Waals surface area contributed by atoms with Gasteiger partial charge < -0.3 is 14.4 Å². The number of amidine groups is 1. The van der Waals surface area contributed by atoms with Crippen LogP contribution in [0.2, 0.25) is 0 Å². The number of ether oxygens (including phenoxy) is 2. The van der Waals surface area contributed by atoms with Crippen molar-refractivity contribution in [2.45, 2.75) is 25.1 Å². The number of carbonyl (C=O) groups excluding carboxylic acids is 1. The van der Waals surface area contributed by atoms with Crippen LogP contribution in [-0.2, 0) is 14.6 Å². The highest BCUT2D eigenvalue weighted by atomic mass is 32.2. The molecule has 0 bridgehead atoms. The quantitative estimate of drug-likeness (QED) is 0.766. The van der Waals surface area contributed by atoms with Gasteiger partial charge in [0.05, 0.1) is 37.5 Å². The molecule has 2 atom stereocenters. The molecule has 1 aromatic rings. The van der Waals surface area contributed by atoms with Crippen LogP contribution in [0.4, 0.5) is 5.69 Å². The summed E-state index contributed by atoms with van der Waals surface area (Å²) in [4.78, 5) is 18.3. The van der Waals surface area contributed by atoms with Crippen LogP contribution in [0.1, 0.15) is 13.8 Å². The zero-order valence-electron chi connectivity index (χ0n) is 15.1. The lowest BCUT2D eigenvalue weighted by molar-refractivity contribution is -0.120. The standard InChI is InChI=1S/C17H22N2O5S2/c1-10(2)16(20)18-17-19(13-8-26(21,22)9-15(13)25-17)12-6-5-11(23-3)7-14(12)24-4/h5-7,10,13,15H,8-9H2,1-4H3/t13-,15+/m1/s1. The zero-order valence-corrected chi connectivity index (χ0v) is 16.8. The summed E-state index contributed by atoms with van der Waals surface area (Å²) in [6, 6.07) is 5.05. The topological polar surface area (TPSA) is 85.3 Å². The van der Waals surface area contributed by atoms with E-state index in [9.17, 15) is 13.2 Å². The Hall–Kier alpha value is -1.74. The molecule has 3 rings (SSSR count). The maximum absolute atomic E-state index is 12.2. The highest BCUT2D eigenvalue weighted by Gasteiger charge is 2.50. The minimum atomic E-state index is -3.11. The highest BCUT2D eigenvalue weighted by Crippen LogP contribution is 2.44. The molecule has 7 nitrogen and oxygen atoms in total. The lowest BCUT2D eigenvalue weighted by Gasteiger charge is -2.26. The SMILES string of the molecule is COc1ccc(N2C(=NC(=O)C(C)C)S[C@H]3CS(=O)(=O)C[C@H]32)c(OC)c1. The van der Waals surface area contributed by atoms with Gasteiger partial charge in [-0.3, -0.25) is 4.79 Å². The Labute approximate surface area is 157 Å². The number of thioether (sulfide) groups is 1. The number of nitrogens with zero attached hydrogens (tertiary/aromatic N) is 2. The molecule has 0 saturated carbocycles. The number of methoxy groups -OCH3 is 2. The van der Waals surface area contributed by atoms with Gasteiger partial charge in [0.2, 0.25) is 0 Å². The van der Waals surface area contributed by atoms with Crippen molar-refractivity contribution in [2.24, 2.45) is 10.9 Å². The predicted molar refractivity (Wildman–Crippen MR) is 103 cm³/mol. The Balaban J connectivity index is 2.08. The number of fused-ring (bicyclic) bond motifs is 1. The first kappa shape index (κ1) is 19.0. The fourth-order valence-electron chi connectivity index (χ4n) is 3.05. The molecule has 1 amide bonds. The van der Waals surface area contributed by atoms with Crippen LogP contribution in [0.3, 0.4) is 0 Å². The average Bonchev–Trinajstić information content (AvgIpc) is 3.05. The van der Waals surface area contributed by atoms with E-state index in [1.807, 2.05) is 4.90 Å². The van der Waals surface area contributed by atoms with Gasteiger partial charge in [0.1, 0.15) is 11.5 Å². The van der Waals surface area contributed by atoms with Gasteiger partial charge in [-0.1, -0.05) is 25.6 Å². The second-order valence-corrected chi connectivity index (χ2v) is 9.96. The number of aliphatic imine (C=N–C) groups is 1. The van der Waals surface area contributed by atoms with Crippen molar-refractivity contribution in [2.75, 3.05) is 30.6 Å². The van der Waals surface area contributed by atoms with Crippen molar-refractivity contribution in [3.8, 4) is 11.5 Å². The van der Waals surface area contributed by atoms with Crippen molar-refractivity contribution in [3.63, 3.8) is 0 Å². The fraction of sp³-hybridized carbons (Fsp3) is 0.529. The molecule has 0 aromatic heterocycles. The van der Waals surface area contributed by atoms with Crippen LogP contribution < -0.4 is 14.4 Å². The van der Waals surface area contributed by atoms with Crippen LogP contribution in [0, 0.1) is 5.92 Å². The summed E-state index contributed by atoms with van der Waals surface area (Å²) in [5.74, 6) is 0.838. The van der Waals surface area contributed by atoms with Crippen molar-refractivity contribution >= 4 is 38.4 Å². The number of rotatable bonds is 4. The van der Waals surface area contributed by atoms with Gasteiger partial charge >= 0.3 is 0 Å². The Morgan fingerprint density at radius 2 is 2.00 bits per heavy atom. The summed E-state index contributed by atoms with van der Waals surface area (Å²) in [5, 5.41) is 0.377. The second kappa shape index (κ2) is 7.11. The van der Waals surface area contributed by atoms with Crippen LogP contribution in [0.5, 0.6) is 11.5 Å². The van der Waals surface area contributed by atoms with Crippen LogP contribution in [-0.4, -0.2) is 56.5 Å². The van der Waals surface area contributed by atoms with E-state index in [0.717, 1.165) is 0 Å². The number of sulfone groups is 1. The summed E-state index contributed by atoms with van der Waals surface area (Å²) < 4.78 is 34.9. The second-order valence-electron chi connectivity index (χ2n) is 6.60. The fourth-order valence-corrected chi connectivity index (χ4v) is 6.97. The first-order valence-electron chi connectivity index (χ1n) is 8.26. The summed E-state index contributed by atoms with van der Waals surface area (Å²) in [6.07, 6.45) is 0. The maximum atomic E-state index is 12.2. The Kier molecular flexibility index (Phi) is 5.21. The molecule has 2 saturated heterocycles. The molecule has 2 heterocycles. The normalized spacial score (nSPS) is 25.6. The van der Waals surface area contributed by atoms with E-state index in [0.29, 0.717) is 22.4 Å².